The maximum Gasteiger partial charge on any atom is 0.309 e. The molecule has 1 saturated carbocycles. The number of aromatic nitrogens is 1. The number of fused-ring (bicyclic) bond motifs is 1. The second-order valence-electron chi connectivity index (χ2n) is 7.67. The van der Waals surface area contributed by atoms with Gasteiger partial charge in [-0.25, -0.2) is 4.98 Å². The van der Waals surface area contributed by atoms with Crippen molar-refractivity contribution in [1.82, 2.24) is 4.98 Å². The third-order valence-electron chi connectivity index (χ3n) is 5.70. The lowest BCUT2D eigenvalue weighted by Crippen LogP contribution is -2.13. The molecule has 4 nitrogen and oxygen atoms in total. The molecule has 4 heteroatoms. The van der Waals surface area contributed by atoms with Gasteiger partial charge in [0, 0.05) is 11.8 Å². The second-order valence-corrected chi connectivity index (χ2v) is 7.67. The number of carbonyl (C=O) groups excluding carboxylic acids is 1. The van der Waals surface area contributed by atoms with E-state index in [0.717, 1.165) is 43.5 Å². The monoisotopic (exact) mass is 365 g/mol. The summed E-state index contributed by atoms with van der Waals surface area (Å²) in [6.07, 6.45) is 9.71. The molecule has 0 saturated heterocycles. The van der Waals surface area contributed by atoms with Gasteiger partial charge in [-0.15, -0.1) is 0 Å². The van der Waals surface area contributed by atoms with Gasteiger partial charge in [0.15, 0.2) is 0 Å². The van der Waals surface area contributed by atoms with Crippen molar-refractivity contribution in [3.63, 3.8) is 0 Å². The van der Waals surface area contributed by atoms with Crippen molar-refractivity contribution >= 4 is 5.97 Å². The third-order valence-corrected chi connectivity index (χ3v) is 5.70. The van der Waals surface area contributed by atoms with E-state index in [0.29, 0.717) is 12.5 Å². The van der Waals surface area contributed by atoms with Crippen molar-refractivity contribution in [2.24, 2.45) is 0 Å². The fourth-order valence-corrected chi connectivity index (χ4v) is 4.23. The number of ether oxygens (including phenoxy) is 2. The number of pyridine rings is 1. The van der Waals surface area contributed by atoms with Crippen molar-refractivity contribution in [1.29, 1.82) is 0 Å². The van der Waals surface area contributed by atoms with Crippen LogP contribution in [0.4, 0.5) is 0 Å². The third kappa shape index (κ3) is 4.32. The minimum absolute atomic E-state index is 0.205. The maximum atomic E-state index is 11.4. The zero-order valence-corrected chi connectivity index (χ0v) is 16.0. The van der Waals surface area contributed by atoms with Crippen LogP contribution in [-0.4, -0.2) is 24.2 Å². The Kier molecular flexibility index (Phi) is 5.42. The molecule has 1 heterocycles. The van der Waals surface area contributed by atoms with Crippen LogP contribution in [-0.2, 0) is 35.2 Å². The summed E-state index contributed by atoms with van der Waals surface area (Å²) in [5.41, 5.74) is 6.20. The molecule has 2 aliphatic carbocycles. The molecular weight excluding hydrogens is 338 g/mol. The number of hydrogen-bond donors (Lipinski definition) is 0. The number of methoxy groups -OCH3 is 1. The highest BCUT2D eigenvalue weighted by molar-refractivity contribution is 5.72. The Hall–Kier alpha value is -2.36. The molecule has 27 heavy (non-hydrogen) atoms. The molecule has 2 aromatic rings. The van der Waals surface area contributed by atoms with Crippen LogP contribution in [0, 0.1) is 0 Å². The van der Waals surface area contributed by atoms with E-state index >= 15 is 0 Å². The van der Waals surface area contributed by atoms with Crippen LogP contribution in [0.2, 0.25) is 0 Å². The second kappa shape index (κ2) is 8.12. The molecule has 0 bridgehead atoms. The molecule has 0 amide bonds. The molecule has 0 atom stereocenters. The lowest BCUT2D eigenvalue weighted by Gasteiger charge is -2.16. The first-order chi connectivity index (χ1) is 13.2. The van der Waals surface area contributed by atoms with Crippen LogP contribution >= 0.6 is 0 Å². The predicted molar refractivity (Wildman–Crippen MR) is 104 cm³/mol. The molecule has 0 radical (unpaired) electrons. The van der Waals surface area contributed by atoms with E-state index in [-0.39, 0.29) is 5.97 Å². The molecule has 0 spiro atoms. The normalized spacial score (nSPS) is 16.3. The Morgan fingerprint density at radius 1 is 1.07 bits per heavy atom. The van der Waals surface area contributed by atoms with Crippen LogP contribution in [0.5, 0.6) is 5.88 Å². The fraction of sp³-hybridized carbons (Fsp3) is 0.478. The Bertz CT molecular complexity index is 807. The van der Waals surface area contributed by atoms with Crippen LogP contribution in [0.1, 0.15) is 60.1 Å². The van der Waals surface area contributed by atoms with E-state index < -0.39 is 0 Å². The summed E-state index contributed by atoms with van der Waals surface area (Å²) in [5.74, 6) is 0.600. The Morgan fingerprint density at radius 2 is 1.81 bits per heavy atom. The topological polar surface area (TPSA) is 48.4 Å². The molecule has 1 fully saturated rings. The Labute approximate surface area is 160 Å². The molecule has 2 aliphatic rings. The first kappa shape index (κ1) is 18.0. The zero-order chi connectivity index (χ0) is 18.6. The van der Waals surface area contributed by atoms with Crippen LogP contribution in [0.3, 0.4) is 0 Å². The van der Waals surface area contributed by atoms with Crippen LogP contribution in [0.25, 0.3) is 0 Å². The van der Waals surface area contributed by atoms with E-state index in [1.54, 1.807) is 0 Å². The molecule has 142 valence electrons. The van der Waals surface area contributed by atoms with Crippen molar-refractivity contribution in [3.05, 3.63) is 58.3 Å². The average molecular weight is 365 g/mol. The van der Waals surface area contributed by atoms with E-state index in [2.05, 4.69) is 18.2 Å². The summed E-state index contributed by atoms with van der Waals surface area (Å²) in [6.45, 7) is 0. The van der Waals surface area contributed by atoms with E-state index in [1.807, 2.05) is 12.1 Å². The average Bonchev–Trinajstić information content (AvgIpc) is 3.35. The summed E-state index contributed by atoms with van der Waals surface area (Å²) in [7, 11) is 1.42. The molecular formula is C23H27NO3. The first-order valence-corrected chi connectivity index (χ1v) is 10.0. The fourth-order valence-electron chi connectivity index (χ4n) is 4.23. The first-order valence-electron chi connectivity index (χ1n) is 10.0. The van der Waals surface area contributed by atoms with Gasteiger partial charge in [0.1, 0.15) is 6.10 Å². The summed E-state index contributed by atoms with van der Waals surface area (Å²) in [5, 5.41) is 0. The summed E-state index contributed by atoms with van der Waals surface area (Å²) >= 11 is 0. The number of benzene rings is 1. The van der Waals surface area contributed by atoms with Gasteiger partial charge in [-0.2, -0.15) is 0 Å². The van der Waals surface area contributed by atoms with Gasteiger partial charge in [0.05, 0.1) is 13.5 Å². The Morgan fingerprint density at radius 3 is 2.56 bits per heavy atom. The number of hydrogen-bond acceptors (Lipinski definition) is 4. The minimum atomic E-state index is -0.205. The van der Waals surface area contributed by atoms with Crippen molar-refractivity contribution in [2.45, 2.75) is 63.9 Å². The smallest absolute Gasteiger partial charge is 0.309 e. The molecule has 1 aromatic heterocycles. The molecule has 1 aromatic carbocycles. The molecule has 0 unspecified atom stereocenters. The number of esters is 1. The standard InChI is InChI=1S/C23H27NO3/c1-26-23(25)14-17-11-9-16(10-12-17)13-18-15-22(27-19-5-2-3-6-19)24-21-8-4-7-20(18)21/h9-12,15,19H,2-8,13-14H2,1H3. The largest absolute Gasteiger partial charge is 0.474 e. The van der Waals surface area contributed by atoms with Gasteiger partial charge in [-0.1, -0.05) is 24.3 Å². The van der Waals surface area contributed by atoms with Crippen LogP contribution < -0.4 is 4.74 Å². The number of rotatable bonds is 6. The van der Waals surface area contributed by atoms with Gasteiger partial charge in [-0.3, -0.25) is 4.79 Å². The summed E-state index contributed by atoms with van der Waals surface area (Å²) in [6, 6.07) is 10.4. The molecule has 0 N–H and O–H groups in total. The summed E-state index contributed by atoms with van der Waals surface area (Å²) in [4.78, 5) is 16.2. The SMILES string of the molecule is COC(=O)Cc1ccc(Cc2cc(OC3CCCC3)nc3c2CCC3)cc1. The summed E-state index contributed by atoms with van der Waals surface area (Å²) < 4.78 is 10.9. The van der Waals surface area contributed by atoms with E-state index in [9.17, 15) is 4.79 Å². The highest BCUT2D eigenvalue weighted by Gasteiger charge is 2.22. The predicted octanol–water partition coefficient (Wildman–Crippen LogP) is 4.20. The zero-order valence-electron chi connectivity index (χ0n) is 16.0. The molecule has 4 rings (SSSR count). The van der Waals surface area contributed by atoms with Crippen molar-refractivity contribution in [2.75, 3.05) is 7.11 Å². The lowest BCUT2D eigenvalue weighted by atomic mass is 9.98. The van der Waals surface area contributed by atoms with Gasteiger partial charge < -0.3 is 9.47 Å². The van der Waals surface area contributed by atoms with Gasteiger partial charge in [0.25, 0.3) is 0 Å². The van der Waals surface area contributed by atoms with E-state index in [1.165, 1.54) is 48.8 Å². The minimum Gasteiger partial charge on any atom is -0.474 e. The van der Waals surface area contributed by atoms with Crippen LogP contribution in [0.15, 0.2) is 30.3 Å². The number of nitrogens with zero attached hydrogens (tertiary/aromatic N) is 1. The number of carbonyl (C=O) groups is 1. The molecule has 0 aliphatic heterocycles. The Balaban J connectivity index is 1.52. The quantitative estimate of drug-likeness (QED) is 0.720. The van der Waals surface area contributed by atoms with Crippen molar-refractivity contribution < 1.29 is 14.3 Å². The number of aryl methyl sites for hydroxylation is 1. The van der Waals surface area contributed by atoms with Gasteiger partial charge in [-0.05, 0) is 73.6 Å². The highest BCUT2D eigenvalue weighted by Crippen LogP contribution is 2.31. The maximum absolute atomic E-state index is 11.4. The van der Waals surface area contributed by atoms with Crippen molar-refractivity contribution in [3.8, 4) is 5.88 Å². The van der Waals surface area contributed by atoms with Gasteiger partial charge >= 0.3 is 5.97 Å². The van der Waals surface area contributed by atoms with Gasteiger partial charge in [0.2, 0.25) is 5.88 Å². The highest BCUT2D eigenvalue weighted by atomic mass is 16.5. The van der Waals surface area contributed by atoms with E-state index in [4.69, 9.17) is 14.5 Å². The lowest BCUT2D eigenvalue weighted by molar-refractivity contribution is -0.139.